The van der Waals surface area contributed by atoms with Crippen LogP contribution in [0.4, 0.5) is 30.6 Å². The number of nitrogens with one attached hydrogen (secondary N) is 2. The highest BCUT2D eigenvalue weighted by Gasteiger charge is 2.35. The molecule has 0 spiro atoms. The monoisotopic (exact) mass is 397 g/mol. The molecular weight excluding hydrogens is 375 g/mol. The number of amides is 1. The van der Waals surface area contributed by atoms with Crippen LogP contribution >= 0.6 is 0 Å². The largest absolute Gasteiger partial charge is 0.421 e. The zero-order valence-electron chi connectivity index (χ0n) is 15.8. The molecule has 1 aliphatic heterocycles. The summed E-state index contributed by atoms with van der Waals surface area (Å²) < 4.78 is 40.5. The van der Waals surface area contributed by atoms with Gasteiger partial charge in [0, 0.05) is 26.3 Å². The molecule has 1 atom stereocenters. The lowest BCUT2D eigenvalue weighted by Crippen LogP contribution is -2.34. The van der Waals surface area contributed by atoms with Crippen molar-refractivity contribution in [3.63, 3.8) is 0 Å². The third-order valence-electron chi connectivity index (χ3n) is 4.76. The summed E-state index contributed by atoms with van der Waals surface area (Å²) in [7, 11) is 1.36. The van der Waals surface area contributed by atoms with E-state index in [2.05, 4.69) is 25.7 Å². The molecule has 3 heterocycles. The minimum Gasteiger partial charge on any atom is -0.372 e. The summed E-state index contributed by atoms with van der Waals surface area (Å²) in [6.45, 7) is 5.05. The maximum atomic E-state index is 13.0. The van der Waals surface area contributed by atoms with Crippen LogP contribution in [-0.2, 0) is 11.0 Å². The molecule has 0 saturated carbocycles. The normalized spacial score (nSPS) is 15.6. The van der Waals surface area contributed by atoms with Crippen LogP contribution < -0.4 is 10.6 Å². The first kappa shape index (κ1) is 19.9. The van der Waals surface area contributed by atoms with E-state index in [9.17, 15) is 18.0 Å². The molecule has 1 saturated heterocycles. The number of aromatic nitrogens is 4. The second-order valence-corrected chi connectivity index (χ2v) is 6.63. The summed E-state index contributed by atoms with van der Waals surface area (Å²) in [5.41, 5.74) is 0.232. The van der Waals surface area contributed by atoms with Crippen molar-refractivity contribution >= 4 is 23.4 Å². The smallest absolute Gasteiger partial charge is 0.372 e. The van der Waals surface area contributed by atoms with Crippen molar-refractivity contribution in [3.8, 4) is 0 Å². The molecule has 2 aromatic rings. The summed E-state index contributed by atoms with van der Waals surface area (Å²) in [5, 5.41) is 9.56. The molecule has 2 N–H and O–H groups in total. The fourth-order valence-electron chi connectivity index (χ4n) is 3.20. The van der Waals surface area contributed by atoms with Crippen molar-refractivity contribution < 1.29 is 18.0 Å². The number of hydrogen-bond acceptors (Lipinski definition) is 6. The fourth-order valence-corrected chi connectivity index (χ4v) is 3.20. The van der Waals surface area contributed by atoms with Gasteiger partial charge in [0.25, 0.3) is 0 Å². The number of hydrogen-bond donors (Lipinski definition) is 2. The predicted octanol–water partition coefficient (Wildman–Crippen LogP) is 2.97. The third kappa shape index (κ3) is 3.87. The average molecular weight is 397 g/mol. The number of anilines is 3. The molecule has 0 radical (unpaired) electrons. The molecule has 1 aliphatic rings. The molecule has 8 nitrogen and oxygen atoms in total. The van der Waals surface area contributed by atoms with Gasteiger partial charge in [0.15, 0.2) is 0 Å². The van der Waals surface area contributed by atoms with Crippen LogP contribution in [0.25, 0.3) is 0 Å². The highest BCUT2D eigenvalue weighted by atomic mass is 19.4. The van der Waals surface area contributed by atoms with Gasteiger partial charge in [-0.1, -0.05) is 0 Å². The van der Waals surface area contributed by atoms with Gasteiger partial charge in [-0.05, 0) is 26.7 Å². The minimum absolute atomic E-state index is 0.00137. The van der Waals surface area contributed by atoms with Crippen LogP contribution in [0, 0.1) is 6.92 Å². The summed E-state index contributed by atoms with van der Waals surface area (Å²) in [5.74, 6) is -0.329. The van der Waals surface area contributed by atoms with Crippen molar-refractivity contribution in [2.24, 2.45) is 0 Å². The number of likely N-dealkylation sites (tertiary alicyclic amines) is 1. The molecule has 1 amide bonds. The maximum Gasteiger partial charge on any atom is 0.421 e. The lowest BCUT2D eigenvalue weighted by atomic mass is 10.2. The Hall–Kier alpha value is -2.85. The Balaban J connectivity index is 1.80. The Bertz CT molecular complexity index is 859. The number of alkyl halides is 3. The van der Waals surface area contributed by atoms with Crippen LogP contribution in [-0.4, -0.2) is 50.7 Å². The van der Waals surface area contributed by atoms with E-state index >= 15 is 0 Å². The van der Waals surface area contributed by atoms with Crippen molar-refractivity contribution in [2.45, 2.75) is 38.9 Å². The van der Waals surface area contributed by atoms with E-state index in [1.807, 2.05) is 4.90 Å². The lowest BCUT2D eigenvalue weighted by molar-refractivity contribution is -0.137. The number of rotatable bonds is 5. The summed E-state index contributed by atoms with van der Waals surface area (Å²) in [6.07, 6.45) is -0.322. The van der Waals surface area contributed by atoms with Crippen molar-refractivity contribution in [2.75, 3.05) is 30.8 Å². The molecular formula is C17H22F3N7O. The second-order valence-electron chi connectivity index (χ2n) is 6.63. The quantitative estimate of drug-likeness (QED) is 0.807. The fraction of sp³-hybridized carbons (Fsp3) is 0.529. The number of nitrogens with zero attached hydrogens (tertiary/aromatic N) is 5. The first-order valence-corrected chi connectivity index (χ1v) is 8.94. The van der Waals surface area contributed by atoms with Gasteiger partial charge >= 0.3 is 6.18 Å². The molecule has 0 aliphatic carbocycles. The molecule has 1 unspecified atom stereocenters. The Labute approximate surface area is 160 Å². The maximum absolute atomic E-state index is 13.0. The van der Waals surface area contributed by atoms with Gasteiger partial charge < -0.3 is 15.5 Å². The Kier molecular flexibility index (Phi) is 5.43. The molecule has 2 aromatic heterocycles. The van der Waals surface area contributed by atoms with Gasteiger partial charge in [0.1, 0.15) is 17.4 Å². The molecule has 0 aromatic carbocycles. The van der Waals surface area contributed by atoms with E-state index in [0.29, 0.717) is 11.4 Å². The van der Waals surface area contributed by atoms with E-state index < -0.39 is 17.8 Å². The molecule has 152 valence electrons. The van der Waals surface area contributed by atoms with Gasteiger partial charge in [-0.15, -0.1) is 0 Å². The van der Waals surface area contributed by atoms with Gasteiger partial charge in [0.05, 0.1) is 17.6 Å². The predicted molar refractivity (Wildman–Crippen MR) is 97.4 cm³/mol. The third-order valence-corrected chi connectivity index (χ3v) is 4.76. The zero-order chi connectivity index (χ0) is 20.5. The average Bonchev–Trinajstić information content (AvgIpc) is 3.30. The minimum atomic E-state index is -4.55. The molecule has 28 heavy (non-hydrogen) atoms. The van der Waals surface area contributed by atoms with Crippen LogP contribution in [0.1, 0.15) is 37.1 Å². The van der Waals surface area contributed by atoms with Crippen LogP contribution in [0.5, 0.6) is 0 Å². The Morgan fingerprint density at radius 1 is 1.25 bits per heavy atom. The van der Waals surface area contributed by atoms with Crippen LogP contribution in [0.2, 0.25) is 0 Å². The standard InChI is InChI=1S/C17H22F3N7O/c1-10-13(9-23-27(10)11(2)15(28)26-6-4-5-7-26)24-16-22-8-12(17(18,19)20)14(21-3)25-16/h8-9,11H,4-7H2,1-3H3,(H2,21,22,24,25). The van der Waals surface area contributed by atoms with E-state index in [0.717, 1.165) is 32.1 Å². The highest BCUT2D eigenvalue weighted by molar-refractivity contribution is 5.80. The van der Waals surface area contributed by atoms with Crippen LogP contribution in [0.15, 0.2) is 12.4 Å². The van der Waals surface area contributed by atoms with Gasteiger partial charge in [0.2, 0.25) is 11.9 Å². The highest BCUT2D eigenvalue weighted by Crippen LogP contribution is 2.34. The van der Waals surface area contributed by atoms with E-state index in [-0.39, 0.29) is 17.7 Å². The van der Waals surface area contributed by atoms with Crippen LogP contribution in [0.3, 0.4) is 0 Å². The molecule has 0 bridgehead atoms. The van der Waals surface area contributed by atoms with Gasteiger partial charge in [-0.25, -0.2) is 4.98 Å². The Morgan fingerprint density at radius 3 is 2.54 bits per heavy atom. The van der Waals surface area contributed by atoms with E-state index in [4.69, 9.17) is 0 Å². The van der Waals surface area contributed by atoms with Crippen molar-refractivity contribution in [1.82, 2.24) is 24.6 Å². The first-order chi connectivity index (χ1) is 13.2. The molecule has 11 heteroatoms. The zero-order valence-corrected chi connectivity index (χ0v) is 15.8. The van der Waals surface area contributed by atoms with Crippen molar-refractivity contribution in [3.05, 3.63) is 23.7 Å². The lowest BCUT2D eigenvalue weighted by Gasteiger charge is -2.21. The number of halogens is 3. The van der Waals surface area contributed by atoms with Gasteiger partial charge in [-0.3, -0.25) is 9.48 Å². The van der Waals surface area contributed by atoms with E-state index in [1.54, 1.807) is 18.5 Å². The number of carbonyl (C=O) groups excluding carboxylic acids is 1. The molecule has 1 fully saturated rings. The summed E-state index contributed by atoms with van der Waals surface area (Å²) in [6, 6.07) is -0.477. The SMILES string of the molecule is CNc1nc(Nc2cnn(C(C)C(=O)N3CCCC3)c2C)ncc1C(F)(F)F. The van der Waals surface area contributed by atoms with E-state index in [1.165, 1.54) is 13.2 Å². The summed E-state index contributed by atoms with van der Waals surface area (Å²) in [4.78, 5) is 22.0. The van der Waals surface area contributed by atoms with Crippen molar-refractivity contribution in [1.29, 1.82) is 0 Å². The summed E-state index contributed by atoms with van der Waals surface area (Å²) >= 11 is 0. The molecule has 3 rings (SSSR count). The Morgan fingerprint density at radius 2 is 1.93 bits per heavy atom. The van der Waals surface area contributed by atoms with Gasteiger partial charge in [-0.2, -0.15) is 23.3 Å². The number of carbonyl (C=O) groups is 1. The second kappa shape index (κ2) is 7.64. The first-order valence-electron chi connectivity index (χ1n) is 8.94. The topological polar surface area (TPSA) is 88.0 Å².